The number of benzene rings is 1. The molecule has 1 aromatic heterocycles. The third-order valence-corrected chi connectivity index (χ3v) is 5.70. The summed E-state index contributed by atoms with van der Waals surface area (Å²) in [5, 5.41) is 0.641. The molecule has 3 rings (SSSR count). The van der Waals surface area contributed by atoms with Crippen LogP contribution in [0.2, 0.25) is 5.02 Å². The van der Waals surface area contributed by atoms with E-state index in [1.165, 1.54) is 34.6 Å². The van der Waals surface area contributed by atoms with Crippen molar-refractivity contribution in [3.8, 4) is 5.75 Å². The van der Waals surface area contributed by atoms with Crippen LogP contribution >= 0.6 is 22.9 Å². The van der Waals surface area contributed by atoms with Gasteiger partial charge >= 0.3 is 0 Å². The van der Waals surface area contributed by atoms with Crippen LogP contribution in [0.1, 0.15) is 38.5 Å². The first kappa shape index (κ1) is 17.8. The van der Waals surface area contributed by atoms with Gasteiger partial charge in [0.1, 0.15) is 5.75 Å². The standard InChI is InChI=1S/C18H19ClN2O3S/c1-11-8-13(6-7-14(11)19)24-10-17(22)20-21-18(23)16-9-12-4-2-3-5-15(12)25-16/h6-9H,2-5,10H2,1H3,(H,20,22)(H,21,23). The molecular formula is C18H19ClN2O3S. The smallest absolute Gasteiger partial charge is 0.279 e. The fourth-order valence-corrected chi connectivity index (χ4v) is 3.95. The van der Waals surface area contributed by atoms with Gasteiger partial charge in [-0.15, -0.1) is 11.3 Å². The van der Waals surface area contributed by atoms with Crippen molar-refractivity contribution in [3.63, 3.8) is 0 Å². The van der Waals surface area contributed by atoms with Crippen LogP contribution in [0.4, 0.5) is 0 Å². The van der Waals surface area contributed by atoms with E-state index in [2.05, 4.69) is 10.9 Å². The molecule has 1 aliphatic rings. The third kappa shape index (κ3) is 4.52. The summed E-state index contributed by atoms with van der Waals surface area (Å²) in [7, 11) is 0. The Labute approximate surface area is 155 Å². The van der Waals surface area contributed by atoms with Gasteiger partial charge in [-0.1, -0.05) is 11.6 Å². The highest BCUT2D eigenvalue weighted by atomic mass is 35.5. The number of aryl methyl sites for hydroxylation is 3. The van der Waals surface area contributed by atoms with Gasteiger partial charge in [-0.05, 0) is 68.0 Å². The largest absolute Gasteiger partial charge is 0.484 e. The van der Waals surface area contributed by atoms with Crippen LogP contribution < -0.4 is 15.6 Å². The summed E-state index contributed by atoms with van der Waals surface area (Å²) in [6, 6.07) is 7.08. The van der Waals surface area contributed by atoms with Crippen molar-refractivity contribution in [3.05, 3.63) is 50.2 Å². The van der Waals surface area contributed by atoms with Gasteiger partial charge in [0.15, 0.2) is 6.61 Å². The highest BCUT2D eigenvalue weighted by molar-refractivity contribution is 7.14. The molecule has 0 bridgehead atoms. The van der Waals surface area contributed by atoms with Gasteiger partial charge in [-0.2, -0.15) is 0 Å². The average molecular weight is 379 g/mol. The lowest BCUT2D eigenvalue weighted by molar-refractivity contribution is -0.123. The van der Waals surface area contributed by atoms with Crippen LogP contribution in [0.3, 0.4) is 0 Å². The first-order valence-corrected chi connectivity index (χ1v) is 9.32. The zero-order valence-electron chi connectivity index (χ0n) is 13.9. The number of carbonyl (C=O) groups excluding carboxylic acids is 2. The predicted octanol–water partition coefficient (Wildman–Crippen LogP) is 3.43. The number of fused-ring (bicyclic) bond motifs is 1. The number of hydrazine groups is 1. The second-order valence-electron chi connectivity index (χ2n) is 5.97. The molecule has 0 atom stereocenters. The van der Waals surface area contributed by atoms with E-state index >= 15 is 0 Å². The minimum absolute atomic E-state index is 0.192. The number of ether oxygens (including phenoxy) is 1. The fourth-order valence-electron chi connectivity index (χ4n) is 2.68. The maximum atomic E-state index is 12.2. The summed E-state index contributed by atoms with van der Waals surface area (Å²) in [5.41, 5.74) is 6.94. The quantitative estimate of drug-likeness (QED) is 0.801. The van der Waals surface area contributed by atoms with E-state index in [0.717, 1.165) is 18.4 Å². The Hall–Kier alpha value is -2.05. The molecule has 2 amide bonds. The molecule has 7 heteroatoms. The Kier molecular flexibility index (Phi) is 5.60. The summed E-state index contributed by atoms with van der Waals surface area (Å²) < 4.78 is 5.39. The van der Waals surface area contributed by atoms with Gasteiger partial charge in [0.05, 0.1) is 4.88 Å². The summed E-state index contributed by atoms with van der Waals surface area (Å²) >= 11 is 7.44. The minimum atomic E-state index is -0.428. The monoisotopic (exact) mass is 378 g/mol. The molecule has 1 aliphatic carbocycles. The molecule has 0 saturated carbocycles. The van der Waals surface area contributed by atoms with Gasteiger partial charge in [-0.25, -0.2) is 0 Å². The molecule has 0 radical (unpaired) electrons. The Morgan fingerprint density at radius 3 is 2.76 bits per heavy atom. The summed E-state index contributed by atoms with van der Waals surface area (Å²) in [4.78, 5) is 25.9. The Morgan fingerprint density at radius 1 is 1.20 bits per heavy atom. The Morgan fingerprint density at radius 2 is 2.00 bits per heavy atom. The van der Waals surface area contributed by atoms with Gasteiger partial charge in [-0.3, -0.25) is 20.4 Å². The van der Waals surface area contributed by atoms with E-state index in [1.54, 1.807) is 18.2 Å². The predicted molar refractivity (Wildman–Crippen MR) is 98.3 cm³/mol. The number of thiophene rings is 1. The minimum Gasteiger partial charge on any atom is -0.484 e. The van der Waals surface area contributed by atoms with Crippen LogP contribution in [-0.2, 0) is 17.6 Å². The average Bonchev–Trinajstić information content (AvgIpc) is 3.05. The molecule has 25 heavy (non-hydrogen) atoms. The van der Waals surface area contributed by atoms with Crippen LogP contribution in [0.15, 0.2) is 24.3 Å². The molecule has 0 saturated heterocycles. The third-order valence-electron chi connectivity index (χ3n) is 4.04. The van der Waals surface area contributed by atoms with Crippen LogP contribution in [0.5, 0.6) is 5.75 Å². The lowest BCUT2D eigenvalue weighted by atomic mass is 9.99. The van der Waals surface area contributed by atoms with Crippen molar-refractivity contribution in [2.75, 3.05) is 6.61 Å². The SMILES string of the molecule is Cc1cc(OCC(=O)NNC(=O)c2cc3c(s2)CCCC3)ccc1Cl. The van der Waals surface area contributed by atoms with E-state index in [9.17, 15) is 9.59 Å². The highest BCUT2D eigenvalue weighted by Crippen LogP contribution is 2.29. The maximum Gasteiger partial charge on any atom is 0.279 e. The molecule has 2 N–H and O–H groups in total. The number of halogens is 1. The lowest BCUT2D eigenvalue weighted by Gasteiger charge is -2.09. The van der Waals surface area contributed by atoms with Crippen molar-refractivity contribution < 1.29 is 14.3 Å². The zero-order chi connectivity index (χ0) is 17.8. The van der Waals surface area contributed by atoms with Gasteiger partial charge in [0, 0.05) is 9.90 Å². The van der Waals surface area contributed by atoms with Gasteiger partial charge in [0.2, 0.25) is 0 Å². The molecular weight excluding hydrogens is 360 g/mol. The summed E-state index contributed by atoms with van der Waals surface area (Å²) in [6.07, 6.45) is 4.41. The normalized spacial score (nSPS) is 13.0. The molecule has 0 aliphatic heterocycles. The maximum absolute atomic E-state index is 12.2. The molecule has 0 spiro atoms. The second kappa shape index (κ2) is 7.89. The number of nitrogens with one attached hydrogen (secondary N) is 2. The summed E-state index contributed by atoms with van der Waals surface area (Å²) in [5.74, 6) is -0.174. The highest BCUT2D eigenvalue weighted by Gasteiger charge is 2.17. The van der Waals surface area contributed by atoms with E-state index in [4.69, 9.17) is 16.3 Å². The molecule has 5 nitrogen and oxygen atoms in total. The molecule has 132 valence electrons. The van der Waals surface area contributed by atoms with Crippen LogP contribution in [-0.4, -0.2) is 18.4 Å². The number of hydrogen-bond acceptors (Lipinski definition) is 4. The molecule has 0 unspecified atom stereocenters. The van der Waals surface area contributed by atoms with Crippen molar-refractivity contribution in [1.29, 1.82) is 0 Å². The second-order valence-corrected chi connectivity index (χ2v) is 7.51. The van der Waals surface area contributed by atoms with Crippen LogP contribution in [0.25, 0.3) is 0 Å². The van der Waals surface area contributed by atoms with E-state index < -0.39 is 5.91 Å². The van der Waals surface area contributed by atoms with Crippen molar-refractivity contribution in [2.45, 2.75) is 32.6 Å². The van der Waals surface area contributed by atoms with Crippen molar-refractivity contribution in [1.82, 2.24) is 10.9 Å². The first-order valence-electron chi connectivity index (χ1n) is 8.12. The Bertz CT molecular complexity index is 780. The number of rotatable bonds is 4. The lowest BCUT2D eigenvalue weighted by Crippen LogP contribution is -2.43. The van der Waals surface area contributed by atoms with Crippen molar-refractivity contribution >= 4 is 34.8 Å². The van der Waals surface area contributed by atoms with E-state index in [0.29, 0.717) is 15.6 Å². The Balaban J connectivity index is 1.47. The van der Waals surface area contributed by atoms with Crippen molar-refractivity contribution in [2.24, 2.45) is 0 Å². The summed E-state index contributed by atoms with van der Waals surface area (Å²) in [6.45, 7) is 1.67. The molecule has 1 heterocycles. The first-order chi connectivity index (χ1) is 12.0. The van der Waals surface area contributed by atoms with Crippen LogP contribution in [0, 0.1) is 6.92 Å². The topological polar surface area (TPSA) is 67.4 Å². The van der Waals surface area contributed by atoms with E-state index in [-0.39, 0.29) is 12.5 Å². The molecule has 2 aromatic rings. The number of hydrogen-bond donors (Lipinski definition) is 2. The van der Waals surface area contributed by atoms with Gasteiger partial charge in [0.25, 0.3) is 11.8 Å². The fraction of sp³-hybridized carbons (Fsp3) is 0.333. The zero-order valence-corrected chi connectivity index (χ0v) is 15.4. The molecule has 0 fully saturated rings. The van der Waals surface area contributed by atoms with E-state index in [1.807, 2.05) is 13.0 Å². The number of amides is 2. The van der Waals surface area contributed by atoms with Gasteiger partial charge < -0.3 is 4.74 Å². The molecule has 1 aromatic carbocycles. The number of carbonyl (C=O) groups is 2.